The van der Waals surface area contributed by atoms with Crippen LogP contribution in [0.15, 0.2) is 0 Å². The zero-order valence-corrected chi connectivity index (χ0v) is 6.86. The second-order valence-corrected chi connectivity index (χ2v) is 2.62. The molecule has 0 aliphatic heterocycles. The van der Waals surface area contributed by atoms with Crippen LogP contribution in [0.1, 0.15) is 19.8 Å². The summed E-state index contributed by atoms with van der Waals surface area (Å²) in [5.74, 6) is -2.81. The zero-order valence-electron chi connectivity index (χ0n) is 6.86. The van der Waals surface area contributed by atoms with E-state index < -0.39 is 23.9 Å². The molecule has 0 aromatic carbocycles. The Bertz CT molecular complexity index is 180. The maximum Gasteiger partial charge on any atom is 0.320 e. The highest BCUT2D eigenvalue weighted by Crippen LogP contribution is 2.10. The number of carboxylic acids is 2. The standard InChI is InChI=1S/C7H13NO4/c1-2-4(6(9)10)3-5(8)7(11)12/h4-5H,2-3,8H2,1H3,(H,9,10)(H,11,12)/t4-,5-/m1/s1. The predicted molar refractivity (Wildman–Crippen MR) is 41.6 cm³/mol. The van der Waals surface area contributed by atoms with E-state index in [1.165, 1.54) is 0 Å². The smallest absolute Gasteiger partial charge is 0.320 e. The van der Waals surface area contributed by atoms with Crippen molar-refractivity contribution in [2.24, 2.45) is 11.7 Å². The van der Waals surface area contributed by atoms with Gasteiger partial charge in [-0.1, -0.05) is 6.92 Å². The van der Waals surface area contributed by atoms with E-state index in [0.717, 1.165) is 0 Å². The molecule has 0 amide bonds. The van der Waals surface area contributed by atoms with E-state index in [1.54, 1.807) is 6.92 Å². The van der Waals surface area contributed by atoms with Crippen molar-refractivity contribution in [3.05, 3.63) is 0 Å². The van der Waals surface area contributed by atoms with E-state index >= 15 is 0 Å². The largest absolute Gasteiger partial charge is 0.481 e. The van der Waals surface area contributed by atoms with Crippen molar-refractivity contribution in [2.45, 2.75) is 25.8 Å². The molecule has 4 N–H and O–H groups in total. The van der Waals surface area contributed by atoms with E-state index in [4.69, 9.17) is 15.9 Å². The Balaban J connectivity index is 4.02. The van der Waals surface area contributed by atoms with Crippen LogP contribution in [-0.2, 0) is 9.59 Å². The summed E-state index contributed by atoms with van der Waals surface area (Å²) in [4.78, 5) is 20.7. The van der Waals surface area contributed by atoms with Crippen LogP contribution in [0.25, 0.3) is 0 Å². The number of rotatable bonds is 5. The molecule has 0 aliphatic carbocycles. The number of nitrogens with two attached hydrogens (primary N) is 1. The maximum atomic E-state index is 10.4. The molecular formula is C7H13NO4. The normalized spacial score (nSPS) is 15.2. The van der Waals surface area contributed by atoms with E-state index in [-0.39, 0.29) is 6.42 Å². The molecule has 0 saturated carbocycles. The number of carboxylic acid groups (broad SMARTS) is 2. The van der Waals surface area contributed by atoms with Gasteiger partial charge in [0.25, 0.3) is 0 Å². The van der Waals surface area contributed by atoms with Crippen LogP contribution in [0, 0.1) is 5.92 Å². The third kappa shape index (κ3) is 3.34. The molecule has 5 nitrogen and oxygen atoms in total. The summed E-state index contributed by atoms with van der Waals surface area (Å²) in [6, 6.07) is -1.08. The summed E-state index contributed by atoms with van der Waals surface area (Å²) in [6.45, 7) is 1.69. The van der Waals surface area contributed by atoms with Crippen molar-refractivity contribution in [3.8, 4) is 0 Å². The lowest BCUT2D eigenvalue weighted by molar-refractivity contribution is -0.143. The minimum Gasteiger partial charge on any atom is -0.481 e. The maximum absolute atomic E-state index is 10.4. The lowest BCUT2D eigenvalue weighted by Crippen LogP contribution is -2.34. The van der Waals surface area contributed by atoms with Crippen molar-refractivity contribution in [3.63, 3.8) is 0 Å². The molecule has 0 aromatic heterocycles. The highest BCUT2D eigenvalue weighted by molar-refractivity contribution is 5.75. The third-order valence-corrected chi connectivity index (χ3v) is 1.70. The Labute approximate surface area is 70.2 Å². The van der Waals surface area contributed by atoms with Crippen LogP contribution < -0.4 is 5.73 Å². The van der Waals surface area contributed by atoms with Gasteiger partial charge < -0.3 is 15.9 Å². The van der Waals surface area contributed by atoms with Crippen LogP contribution in [0.2, 0.25) is 0 Å². The Morgan fingerprint density at radius 1 is 1.33 bits per heavy atom. The van der Waals surface area contributed by atoms with Gasteiger partial charge in [-0.05, 0) is 12.8 Å². The van der Waals surface area contributed by atoms with Crippen LogP contribution in [0.4, 0.5) is 0 Å². The second kappa shape index (κ2) is 4.71. The van der Waals surface area contributed by atoms with Gasteiger partial charge in [0, 0.05) is 0 Å². The van der Waals surface area contributed by atoms with E-state index in [9.17, 15) is 9.59 Å². The molecule has 70 valence electrons. The minimum absolute atomic E-state index is 0.0127. The first kappa shape index (κ1) is 10.9. The number of carbonyl (C=O) groups is 2. The van der Waals surface area contributed by atoms with Crippen molar-refractivity contribution < 1.29 is 19.8 Å². The van der Waals surface area contributed by atoms with Gasteiger partial charge in [-0.25, -0.2) is 0 Å². The van der Waals surface area contributed by atoms with Crippen molar-refractivity contribution in [1.29, 1.82) is 0 Å². The molecule has 5 heteroatoms. The van der Waals surface area contributed by atoms with Gasteiger partial charge in [0.1, 0.15) is 6.04 Å². The third-order valence-electron chi connectivity index (χ3n) is 1.70. The molecule has 0 heterocycles. The fourth-order valence-corrected chi connectivity index (χ4v) is 0.849. The van der Waals surface area contributed by atoms with Gasteiger partial charge in [-0.3, -0.25) is 9.59 Å². The monoisotopic (exact) mass is 175 g/mol. The summed E-state index contributed by atoms with van der Waals surface area (Å²) in [5.41, 5.74) is 5.17. The quantitative estimate of drug-likeness (QED) is 0.541. The minimum atomic E-state index is -1.16. The van der Waals surface area contributed by atoms with Gasteiger partial charge in [0.15, 0.2) is 0 Å². The lowest BCUT2D eigenvalue weighted by atomic mass is 9.98. The summed E-state index contributed by atoms with van der Waals surface area (Å²) in [5, 5.41) is 16.9. The van der Waals surface area contributed by atoms with Gasteiger partial charge in [0.2, 0.25) is 0 Å². The van der Waals surface area contributed by atoms with Gasteiger partial charge in [-0.2, -0.15) is 0 Å². The Morgan fingerprint density at radius 3 is 2.08 bits per heavy atom. The van der Waals surface area contributed by atoms with Crippen molar-refractivity contribution in [1.82, 2.24) is 0 Å². The first-order chi connectivity index (χ1) is 5.49. The SMILES string of the molecule is CC[C@H](C[C@@H](N)C(=O)O)C(=O)O. The second-order valence-electron chi connectivity index (χ2n) is 2.62. The molecule has 2 atom stereocenters. The van der Waals surface area contributed by atoms with E-state index in [2.05, 4.69) is 0 Å². The van der Waals surface area contributed by atoms with Crippen LogP contribution in [-0.4, -0.2) is 28.2 Å². The van der Waals surface area contributed by atoms with E-state index in [0.29, 0.717) is 6.42 Å². The average Bonchev–Trinajstić information content (AvgIpc) is 1.98. The first-order valence-electron chi connectivity index (χ1n) is 3.70. The zero-order chi connectivity index (χ0) is 9.72. The van der Waals surface area contributed by atoms with Crippen molar-refractivity contribution in [2.75, 3.05) is 0 Å². The number of aliphatic carboxylic acids is 2. The number of hydrogen-bond acceptors (Lipinski definition) is 3. The fraction of sp³-hybridized carbons (Fsp3) is 0.714. The molecule has 12 heavy (non-hydrogen) atoms. The summed E-state index contributed by atoms with van der Waals surface area (Å²) in [6.07, 6.45) is 0.386. The van der Waals surface area contributed by atoms with Crippen LogP contribution in [0.3, 0.4) is 0 Å². The van der Waals surface area contributed by atoms with Crippen LogP contribution in [0.5, 0.6) is 0 Å². The predicted octanol–water partition coefficient (Wildman–Crippen LogP) is -0.101. The fourth-order valence-electron chi connectivity index (χ4n) is 0.849. The molecule has 0 aromatic rings. The van der Waals surface area contributed by atoms with Crippen LogP contribution >= 0.6 is 0 Å². The van der Waals surface area contributed by atoms with Gasteiger partial charge in [-0.15, -0.1) is 0 Å². The molecule has 0 saturated heterocycles. The average molecular weight is 175 g/mol. The van der Waals surface area contributed by atoms with Crippen molar-refractivity contribution >= 4 is 11.9 Å². The molecule has 0 spiro atoms. The number of hydrogen-bond donors (Lipinski definition) is 3. The van der Waals surface area contributed by atoms with Gasteiger partial charge in [0.05, 0.1) is 5.92 Å². The van der Waals surface area contributed by atoms with E-state index in [1.807, 2.05) is 0 Å². The summed E-state index contributed by atoms with van der Waals surface area (Å²) in [7, 11) is 0. The molecule has 0 aliphatic rings. The highest BCUT2D eigenvalue weighted by Gasteiger charge is 2.22. The molecule has 0 fully saturated rings. The topological polar surface area (TPSA) is 101 Å². The highest BCUT2D eigenvalue weighted by atomic mass is 16.4. The molecular weight excluding hydrogens is 162 g/mol. The Morgan fingerprint density at radius 2 is 1.83 bits per heavy atom. The molecule has 0 radical (unpaired) electrons. The Kier molecular flexibility index (Phi) is 4.28. The lowest BCUT2D eigenvalue weighted by Gasteiger charge is -2.11. The summed E-state index contributed by atoms with van der Waals surface area (Å²) < 4.78 is 0. The Hall–Kier alpha value is -1.10. The van der Waals surface area contributed by atoms with Gasteiger partial charge >= 0.3 is 11.9 Å². The summed E-state index contributed by atoms with van der Waals surface area (Å²) >= 11 is 0. The molecule has 0 bridgehead atoms. The first-order valence-corrected chi connectivity index (χ1v) is 3.70. The molecule has 0 unspecified atom stereocenters. The molecule has 0 rings (SSSR count).